The fraction of sp³-hybridized carbons (Fsp3) is 0.933. The molecule has 0 bridgehead atoms. The van der Waals surface area contributed by atoms with Crippen molar-refractivity contribution in [3.8, 4) is 0 Å². The van der Waals surface area contributed by atoms with Crippen LogP contribution >= 0.6 is 0 Å². The SMILES string of the molecule is CCCC(C)NC(=O)C(C)NCC(C)N1CCCC1. The van der Waals surface area contributed by atoms with Crippen LogP contribution in [0.3, 0.4) is 0 Å². The number of hydrogen-bond donors (Lipinski definition) is 2. The number of rotatable bonds is 8. The maximum atomic E-state index is 12.0. The second kappa shape index (κ2) is 8.54. The van der Waals surface area contributed by atoms with Crippen LogP contribution in [0.15, 0.2) is 0 Å². The van der Waals surface area contributed by atoms with Crippen molar-refractivity contribution in [2.45, 2.75) is 71.5 Å². The zero-order valence-electron chi connectivity index (χ0n) is 13.0. The van der Waals surface area contributed by atoms with Crippen LogP contribution in [-0.2, 0) is 4.79 Å². The predicted octanol–water partition coefficient (Wildman–Crippen LogP) is 1.75. The van der Waals surface area contributed by atoms with E-state index in [4.69, 9.17) is 0 Å². The molecule has 19 heavy (non-hydrogen) atoms. The second-order valence-electron chi connectivity index (χ2n) is 5.92. The first-order chi connectivity index (χ1) is 9.04. The highest BCUT2D eigenvalue weighted by Gasteiger charge is 2.20. The lowest BCUT2D eigenvalue weighted by Crippen LogP contribution is -2.49. The summed E-state index contributed by atoms with van der Waals surface area (Å²) in [7, 11) is 0. The van der Waals surface area contributed by atoms with Crippen LogP contribution < -0.4 is 10.6 Å². The second-order valence-corrected chi connectivity index (χ2v) is 5.92. The zero-order valence-corrected chi connectivity index (χ0v) is 13.0. The smallest absolute Gasteiger partial charge is 0.237 e. The third kappa shape index (κ3) is 5.91. The van der Waals surface area contributed by atoms with Gasteiger partial charge in [-0.1, -0.05) is 13.3 Å². The van der Waals surface area contributed by atoms with E-state index >= 15 is 0 Å². The van der Waals surface area contributed by atoms with Gasteiger partial charge in [0.1, 0.15) is 0 Å². The van der Waals surface area contributed by atoms with Gasteiger partial charge in [0.25, 0.3) is 0 Å². The van der Waals surface area contributed by atoms with Crippen molar-refractivity contribution in [1.29, 1.82) is 0 Å². The van der Waals surface area contributed by atoms with E-state index in [0.717, 1.165) is 19.4 Å². The van der Waals surface area contributed by atoms with Crippen LogP contribution in [0.4, 0.5) is 0 Å². The van der Waals surface area contributed by atoms with Crippen LogP contribution in [-0.4, -0.2) is 48.6 Å². The van der Waals surface area contributed by atoms with E-state index in [1.165, 1.54) is 25.9 Å². The van der Waals surface area contributed by atoms with Crippen LogP contribution in [0, 0.1) is 0 Å². The molecule has 0 aliphatic carbocycles. The van der Waals surface area contributed by atoms with Gasteiger partial charge in [-0.3, -0.25) is 9.69 Å². The largest absolute Gasteiger partial charge is 0.352 e. The molecule has 1 aliphatic rings. The van der Waals surface area contributed by atoms with Crippen LogP contribution in [0.1, 0.15) is 53.4 Å². The van der Waals surface area contributed by atoms with Crippen molar-refractivity contribution < 1.29 is 4.79 Å². The van der Waals surface area contributed by atoms with Crippen LogP contribution in [0.25, 0.3) is 0 Å². The Balaban J connectivity index is 2.21. The van der Waals surface area contributed by atoms with Gasteiger partial charge in [0.05, 0.1) is 6.04 Å². The molecule has 1 rings (SSSR count). The van der Waals surface area contributed by atoms with Crippen LogP contribution in [0.2, 0.25) is 0 Å². The fourth-order valence-electron chi connectivity index (χ4n) is 2.62. The first kappa shape index (κ1) is 16.4. The summed E-state index contributed by atoms with van der Waals surface area (Å²) in [5.41, 5.74) is 0. The Morgan fingerprint density at radius 2 is 1.84 bits per heavy atom. The summed E-state index contributed by atoms with van der Waals surface area (Å²) in [6, 6.07) is 0.688. The molecule has 1 amide bonds. The van der Waals surface area contributed by atoms with Gasteiger partial charge in [0.2, 0.25) is 5.91 Å². The molecule has 1 aliphatic heterocycles. The number of amides is 1. The summed E-state index contributed by atoms with van der Waals surface area (Å²) in [6.45, 7) is 11.7. The zero-order chi connectivity index (χ0) is 14.3. The number of carbonyl (C=O) groups is 1. The Kier molecular flexibility index (Phi) is 7.39. The van der Waals surface area contributed by atoms with Crippen molar-refractivity contribution >= 4 is 5.91 Å². The van der Waals surface area contributed by atoms with Gasteiger partial charge in [-0.25, -0.2) is 0 Å². The van der Waals surface area contributed by atoms with Crippen molar-refractivity contribution in [3.63, 3.8) is 0 Å². The van der Waals surface area contributed by atoms with E-state index in [0.29, 0.717) is 6.04 Å². The molecule has 3 atom stereocenters. The van der Waals surface area contributed by atoms with Gasteiger partial charge >= 0.3 is 0 Å². The molecule has 4 nitrogen and oxygen atoms in total. The number of hydrogen-bond acceptors (Lipinski definition) is 3. The summed E-state index contributed by atoms with van der Waals surface area (Å²) < 4.78 is 0. The molecule has 0 aromatic carbocycles. The molecule has 1 fully saturated rings. The highest BCUT2D eigenvalue weighted by atomic mass is 16.2. The average Bonchev–Trinajstić information content (AvgIpc) is 2.89. The summed E-state index contributed by atoms with van der Waals surface area (Å²) in [4.78, 5) is 14.5. The molecule has 1 heterocycles. The van der Waals surface area contributed by atoms with E-state index in [1.54, 1.807) is 0 Å². The Morgan fingerprint density at radius 3 is 2.42 bits per heavy atom. The maximum absolute atomic E-state index is 12.0. The van der Waals surface area contributed by atoms with Gasteiger partial charge in [-0.15, -0.1) is 0 Å². The van der Waals surface area contributed by atoms with Gasteiger partial charge in [0, 0.05) is 18.6 Å². The van der Waals surface area contributed by atoms with E-state index in [1.807, 2.05) is 6.92 Å². The first-order valence-corrected chi connectivity index (χ1v) is 7.82. The summed E-state index contributed by atoms with van der Waals surface area (Å²) in [5.74, 6) is 0.120. The molecule has 0 aromatic heterocycles. The van der Waals surface area contributed by atoms with E-state index in [-0.39, 0.29) is 18.0 Å². The summed E-state index contributed by atoms with van der Waals surface area (Å²) >= 11 is 0. The van der Waals surface area contributed by atoms with Gasteiger partial charge in [-0.2, -0.15) is 0 Å². The molecule has 0 saturated carbocycles. The molecule has 2 N–H and O–H groups in total. The molecular formula is C15H31N3O. The van der Waals surface area contributed by atoms with Gasteiger partial charge < -0.3 is 10.6 Å². The van der Waals surface area contributed by atoms with Crippen molar-refractivity contribution in [2.24, 2.45) is 0 Å². The van der Waals surface area contributed by atoms with Gasteiger partial charge in [-0.05, 0) is 53.1 Å². The summed E-state index contributed by atoms with van der Waals surface area (Å²) in [6.07, 6.45) is 4.78. The Morgan fingerprint density at radius 1 is 1.21 bits per heavy atom. The molecule has 3 unspecified atom stereocenters. The standard InChI is InChI=1S/C15H31N3O/c1-5-8-12(2)17-15(19)14(4)16-11-13(3)18-9-6-7-10-18/h12-14,16H,5-11H2,1-4H3,(H,17,19). The number of likely N-dealkylation sites (tertiary alicyclic amines) is 1. The minimum absolute atomic E-state index is 0.107. The molecule has 0 spiro atoms. The minimum atomic E-state index is -0.107. The monoisotopic (exact) mass is 269 g/mol. The van der Waals surface area contributed by atoms with Crippen LogP contribution in [0.5, 0.6) is 0 Å². The molecule has 4 heteroatoms. The highest BCUT2D eigenvalue weighted by molar-refractivity contribution is 5.81. The molecule has 0 radical (unpaired) electrons. The molecular weight excluding hydrogens is 238 g/mol. The molecule has 0 aromatic rings. The van der Waals surface area contributed by atoms with Crippen molar-refractivity contribution in [2.75, 3.05) is 19.6 Å². The third-order valence-electron chi connectivity index (χ3n) is 3.99. The Labute approximate surface area is 118 Å². The fourth-order valence-corrected chi connectivity index (χ4v) is 2.62. The third-order valence-corrected chi connectivity index (χ3v) is 3.99. The Bertz CT molecular complexity index is 264. The van der Waals surface area contributed by atoms with E-state index in [9.17, 15) is 4.79 Å². The van der Waals surface area contributed by atoms with E-state index in [2.05, 4.69) is 36.3 Å². The predicted molar refractivity (Wildman–Crippen MR) is 80.2 cm³/mol. The van der Waals surface area contributed by atoms with E-state index < -0.39 is 0 Å². The number of nitrogens with one attached hydrogen (secondary N) is 2. The lowest BCUT2D eigenvalue weighted by molar-refractivity contribution is -0.123. The maximum Gasteiger partial charge on any atom is 0.237 e. The van der Waals surface area contributed by atoms with Crippen molar-refractivity contribution in [3.05, 3.63) is 0 Å². The first-order valence-electron chi connectivity index (χ1n) is 7.82. The lowest BCUT2D eigenvalue weighted by atomic mass is 10.2. The molecule has 1 saturated heterocycles. The minimum Gasteiger partial charge on any atom is -0.352 e. The normalized spacial score (nSPS) is 21.1. The summed E-state index contributed by atoms with van der Waals surface area (Å²) in [5, 5.41) is 6.41. The quantitative estimate of drug-likeness (QED) is 0.705. The van der Waals surface area contributed by atoms with Crippen molar-refractivity contribution in [1.82, 2.24) is 15.5 Å². The Hall–Kier alpha value is -0.610. The number of nitrogens with zero attached hydrogens (tertiary/aromatic N) is 1. The van der Waals surface area contributed by atoms with Gasteiger partial charge in [0.15, 0.2) is 0 Å². The topological polar surface area (TPSA) is 44.4 Å². The molecule has 112 valence electrons. The highest BCUT2D eigenvalue weighted by Crippen LogP contribution is 2.10. The lowest BCUT2D eigenvalue weighted by Gasteiger charge is -2.26. The number of carbonyl (C=O) groups excluding carboxylic acids is 1. The average molecular weight is 269 g/mol.